The zero-order chi connectivity index (χ0) is 15.7. The first kappa shape index (κ1) is 14.8. The second kappa shape index (κ2) is 5.94. The molecular formula is C16H23N5O. The highest BCUT2D eigenvalue weighted by Gasteiger charge is 2.26. The Labute approximate surface area is 130 Å². The van der Waals surface area contributed by atoms with Crippen LogP contribution >= 0.6 is 0 Å². The summed E-state index contributed by atoms with van der Waals surface area (Å²) in [6.07, 6.45) is 3.53. The summed E-state index contributed by atoms with van der Waals surface area (Å²) in [5, 5.41) is 7.38. The number of amides is 1. The smallest absolute Gasteiger partial charge is 0.223 e. The summed E-state index contributed by atoms with van der Waals surface area (Å²) in [6, 6.07) is 4.19. The van der Waals surface area contributed by atoms with E-state index in [0.717, 1.165) is 43.1 Å². The standard InChI is InChI=1S/C16H23N5O/c1-11(2)18-16(22)13-5-8-20(9-6-13)15-10-12(3)19-14-4-7-17-21(14)15/h4,7,10-11,13H,5-6,8-9H2,1-3H3,(H,18,22). The Hall–Kier alpha value is -2.11. The molecule has 0 aliphatic carbocycles. The first-order valence-electron chi connectivity index (χ1n) is 7.91. The minimum absolute atomic E-state index is 0.120. The van der Waals surface area contributed by atoms with E-state index in [4.69, 9.17) is 0 Å². The molecule has 0 spiro atoms. The molecule has 6 nitrogen and oxygen atoms in total. The topological polar surface area (TPSA) is 62.5 Å². The summed E-state index contributed by atoms with van der Waals surface area (Å²) >= 11 is 0. The molecular weight excluding hydrogens is 278 g/mol. The van der Waals surface area contributed by atoms with Crippen LogP contribution in [0.2, 0.25) is 0 Å². The van der Waals surface area contributed by atoms with Gasteiger partial charge in [-0.3, -0.25) is 4.79 Å². The van der Waals surface area contributed by atoms with E-state index in [9.17, 15) is 4.79 Å². The van der Waals surface area contributed by atoms with Crippen LogP contribution in [0, 0.1) is 12.8 Å². The van der Waals surface area contributed by atoms with Gasteiger partial charge in [-0.05, 0) is 33.6 Å². The highest BCUT2D eigenvalue weighted by Crippen LogP contribution is 2.24. The summed E-state index contributed by atoms with van der Waals surface area (Å²) in [4.78, 5) is 18.9. The second-order valence-corrected chi connectivity index (χ2v) is 6.28. The zero-order valence-electron chi connectivity index (χ0n) is 13.4. The number of hydrogen-bond acceptors (Lipinski definition) is 4. The molecule has 0 radical (unpaired) electrons. The lowest BCUT2D eigenvalue weighted by Crippen LogP contribution is -2.43. The Kier molecular flexibility index (Phi) is 4.00. The summed E-state index contributed by atoms with van der Waals surface area (Å²) in [5.74, 6) is 1.37. The normalized spacial score (nSPS) is 16.5. The molecule has 0 saturated carbocycles. The molecule has 2 aromatic rings. The lowest BCUT2D eigenvalue weighted by atomic mass is 9.95. The van der Waals surface area contributed by atoms with Crippen molar-refractivity contribution in [2.75, 3.05) is 18.0 Å². The van der Waals surface area contributed by atoms with E-state index in [-0.39, 0.29) is 17.9 Å². The maximum absolute atomic E-state index is 12.1. The zero-order valence-corrected chi connectivity index (χ0v) is 13.4. The predicted molar refractivity (Wildman–Crippen MR) is 85.9 cm³/mol. The van der Waals surface area contributed by atoms with E-state index in [2.05, 4.69) is 26.4 Å². The van der Waals surface area contributed by atoms with Crippen LogP contribution in [0.15, 0.2) is 18.3 Å². The fraction of sp³-hybridized carbons (Fsp3) is 0.562. The highest BCUT2D eigenvalue weighted by atomic mass is 16.1. The number of nitrogens with one attached hydrogen (secondary N) is 1. The van der Waals surface area contributed by atoms with Crippen molar-refractivity contribution in [2.24, 2.45) is 5.92 Å². The predicted octanol–water partition coefficient (Wildman–Crippen LogP) is 1.78. The van der Waals surface area contributed by atoms with Gasteiger partial charge >= 0.3 is 0 Å². The van der Waals surface area contributed by atoms with Crippen LogP contribution in [0.1, 0.15) is 32.4 Å². The Morgan fingerprint density at radius 1 is 1.36 bits per heavy atom. The van der Waals surface area contributed by atoms with E-state index in [1.807, 2.05) is 31.4 Å². The van der Waals surface area contributed by atoms with Crippen LogP contribution in [0.4, 0.5) is 5.82 Å². The monoisotopic (exact) mass is 301 g/mol. The van der Waals surface area contributed by atoms with Crippen molar-refractivity contribution in [1.82, 2.24) is 19.9 Å². The number of rotatable bonds is 3. The number of carbonyl (C=O) groups excluding carboxylic acids is 1. The number of hydrogen-bond donors (Lipinski definition) is 1. The van der Waals surface area contributed by atoms with E-state index >= 15 is 0 Å². The number of carbonyl (C=O) groups is 1. The minimum Gasteiger partial charge on any atom is -0.356 e. The number of aryl methyl sites for hydroxylation is 1. The van der Waals surface area contributed by atoms with Gasteiger partial charge in [-0.2, -0.15) is 9.61 Å². The van der Waals surface area contributed by atoms with Crippen molar-refractivity contribution in [2.45, 2.75) is 39.7 Å². The number of nitrogens with zero attached hydrogens (tertiary/aromatic N) is 4. The molecule has 0 unspecified atom stereocenters. The van der Waals surface area contributed by atoms with Crippen LogP contribution in [-0.4, -0.2) is 39.6 Å². The first-order chi connectivity index (χ1) is 10.5. The van der Waals surface area contributed by atoms with Crippen molar-refractivity contribution in [3.05, 3.63) is 24.0 Å². The van der Waals surface area contributed by atoms with E-state index in [0.29, 0.717) is 0 Å². The molecule has 1 N–H and O–H groups in total. The summed E-state index contributed by atoms with van der Waals surface area (Å²) in [6.45, 7) is 7.74. The SMILES string of the molecule is Cc1cc(N2CCC(C(=O)NC(C)C)CC2)n2nccc2n1. The average molecular weight is 301 g/mol. The molecule has 3 heterocycles. The van der Waals surface area contributed by atoms with Crippen molar-refractivity contribution >= 4 is 17.4 Å². The molecule has 0 atom stereocenters. The van der Waals surface area contributed by atoms with Gasteiger partial charge in [0.25, 0.3) is 0 Å². The maximum atomic E-state index is 12.1. The van der Waals surface area contributed by atoms with Gasteiger partial charge in [0.2, 0.25) is 5.91 Å². The third kappa shape index (κ3) is 2.91. The van der Waals surface area contributed by atoms with Gasteiger partial charge in [-0.25, -0.2) is 4.98 Å². The summed E-state index contributed by atoms with van der Waals surface area (Å²) < 4.78 is 1.88. The molecule has 3 rings (SSSR count). The molecule has 22 heavy (non-hydrogen) atoms. The molecule has 118 valence electrons. The van der Waals surface area contributed by atoms with Gasteiger partial charge in [-0.1, -0.05) is 0 Å². The molecule has 1 aliphatic heterocycles. The summed E-state index contributed by atoms with van der Waals surface area (Å²) in [7, 11) is 0. The van der Waals surface area contributed by atoms with Gasteiger partial charge in [-0.15, -0.1) is 0 Å². The largest absolute Gasteiger partial charge is 0.356 e. The van der Waals surface area contributed by atoms with E-state index in [1.165, 1.54) is 0 Å². The fourth-order valence-corrected chi connectivity index (χ4v) is 3.02. The quantitative estimate of drug-likeness (QED) is 0.938. The van der Waals surface area contributed by atoms with Gasteiger partial charge in [0, 0.05) is 42.9 Å². The summed E-state index contributed by atoms with van der Waals surface area (Å²) in [5.41, 5.74) is 1.86. The molecule has 1 saturated heterocycles. The van der Waals surface area contributed by atoms with Crippen molar-refractivity contribution in [3.8, 4) is 0 Å². The minimum atomic E-state index is 0.120. The number of piperidine rings is 1. The molecule has 2 aromatic heterocycles. The Bertz CT molecular complexity index is 670. The molecule has 1 aliphatic rings. The van der Waals surface area contributed by atoms with Gasteiger partial charge in [0.05, 0.1) is 6.20 Å². The fourth-order valence-electron chi connectivity index (χ4n) is 3.02. The van der Waals surface area contributed by atoms with Crippen LogP contribution in [-0.2, 0) is 4.79 Å². The molecule has 6 heteroatoms. The van der Waals surface area contributed by atoms with Crippen LogP contribution in [0.25, 0.3) is 5.65 Å². The number of fused-ring (bicyclic) bond motifs is 1. The lowest BCUT2D eigenvalue weighted by molar-refractivity contribution is -0.126. The van der Waals surface area contributed by atoms with E-state index in [1.54, 1.807) is 6.20 Å². The van der Waals surface area contributed by atoms with Crippen LogP contribution < -0.4 is 10.2 Å². The molecule has 0 bridgehead atoms. The number of anilines is 1. The van der Waals surface area contributed by atoms with E-state index < -0.39 is 0 Å². The van der Waals surface area contributed by atoms with Gasteiger partial charge in [0.1, 0.15) is 5.82 Å². The molecule has 1 amide bonds. The number of aromatic nitrogens is 3. The van der Waals surface area contributed by atoms with Gasteiger partial charge in [0.15, 0.2) is 5.65 Å². The molecule has 1 fully saturated rings. The lowest BCUT2D eigenvalue weighted by Gasteiger charge is -2.33. The van der Waals surface area contributed by atoms with Crippen LogP contribution in [0.3, 0.4) is 0 Å². The van der Waals surface area contributed by atoms with Crippen molar-refractivity contribution in [1.29, 1.82) is 0 Å². The Morgan fingerprint density at radius 3 is 2.77 bits per heavy atom. The highest BCUT2D eigenvalue weighted by molar-refractivity contribution is 5.79. The van der Waals surface area contributed by atoms with Crippen molar-refractivity contribution in [3.63, 3.8) is 0 Å². The second-order valence-electron chi connectivity index (χ2n) is 6.28. The Morgan fingerprint density at radius 2 is 2.09 bits per heavy atom. The van der Waals surface area contributed by atoms with Crippen LogP contribution in [0.5, 0.6) is 0 Å². The molecule has 0 aromatic carbocycles. The van der Waals surface area contributed by atoms with Crippen molar-refractivity contribution < 1.29 is 4.79 Å². The van der Waals surface area contributed by atoms with Gasteiger partial charge < -0.3 is 10.2 Å². The maximum Gasteiger partial charge on any atom is 0.223 e. The Balaban J connectivity index is 1.73. The first-order valence-corrected chi connectivity index (χ1v) is 7.91. The third-order valence-electron chi connectivity index (χ3n) is 4.09. The third-order valence-corrected chi connectivity index (χ3v) is 4.09. The average Bonchev–Trinajstić information content (AvgIpc) is 2.94.